The molecule has 0 aromatic heterocycles. The lowest BCUT2D eigenvalue weighted by atomic mass is 9.78. The number of hydrogen-bond acceptors (Lipinski definition) is 4. The summed E-state index contributed by atoms with van der Waals surface area (Å²) < 4.78 is 25.6. The molecule has 0 saturated heterocycles. The minimum atomic E-state index is -3.82. The molecular weight excluding hydrogens is 340 g/mol. The number of carbonyl (C=O) groups excluding carboxylic acids is 2. The third-order valence-corrected chi connectivity index (χ3v) is 7.13. The number of rotatable bonds is 3. The van der Waals surface area contributed by atoms with Gasteiger partial charge in [-0.3, -0.25) is 9.59 Å². The molecule has 3 atom stereocenters. The molecule has 0 radical (unpaired) electrons. The second-order valence-electron chi connectivity index (χ2n) is 7.17. The average molecular weight is 364 g/mol. The van der Waals surface area contributed by atoms with Gasteiger partial charge in [-0.1, -0.05) is 44.9 Å². The van der Waals surface area contributed by atoms with E-state index in [4.69, 9.17) is 0 Å². The third kappa shape index (κ3) is 3.56. The Kier molecular flexibility index (Phi) is 4.86. The molecule has 2 amide bonds. The van der Waals surface area contributed by atoms with E-state index in [1.54, 1.807) is 24.3 Å². The fraction of sp³-hybridized carbons (Fsp3) is 0.556. The van der Waals surface area contributed by atoms with E-state index >= 15 is 0 Å². The van der Waals surface area contributed by atoms with Gasteiger partial charge in [-0.25, -0.2) is 12.7 Å². The molecule has 0 spiro atoms. The molecule has 3 rings (SSSR count). The van der Waals surface area contributed by atoms with Crippen LogP contribution in [0, 0.1) is 11.8 Å². The van der Waals surface area contributed by atoms with Crippen LogP contribution < -0.4 is 5.32 Å². The van der Waals surface area contributed by atoms with Gasteiger partial charge in [0.2, 0.25) is 15.9 Å². The fourth-order valence-electron chi connectivity index (χ4n) is 3.73. The van der Waals surface area contributed by atoms with Crippen LogP contribution in [0.3, 0.4) is 0 Å². The highest BCUT2D eigenvalue weighted by Gasteiger charge is 2.37. The largest absolute Gasteiger partial charge is 0.352 e. The highest BCUT2D eigenvalue weighted by molar-refractivity contribution is 7.89. The Hall–Kier alpha value is -1.89. The summed E-state index contributed by atoms with van der Waals surface area (Å²) in [6, 6.07) is 6.66. The van der Waals surface area contributed by atoms with Crippen LogP contribution in [0.4, 0.5) is 0 Å². The van der Waals surface area contributed by atoms with Crippen LogP contribution in [0.25, 0.3) is 0 Å². The number of fused-ring (bicyclic) bond motifs is 1. The molecule has 1 aromatic rings. The minimum Gasteiger partial charge on any atom is -0.352 e. The second-order valence-corrected chi connectivity index (χ2v) is 9.06. The van der Waals surface area contributed by atoms with Gasteiger partial charge >= 0.3 is 0 Å². The van der Waals surface area contributed by atoms with Gasteiger partial charge in [0.1, 0.15) is 6.54 Å². The summed E-state index contributed by atoms with van der Waals surface area (Å²) in [5.74, 6) is -0.429. The van der Waals surface area contributed by atoms with Gasteiger partial charge < -0.3 is 5.32 Å². The van der Waals surface area contributed by atoms with Crippen molar-refractivity contribution >= 4 is 21.8 Å². The Morgan fingerprint density at radius 2 is 1.96 bits per heavy atom. The summed E-state index contributed by atoms with van der Waals surface area (Å²) in [7, 11) is -3.82. The van der Waals surface area contributed by atoms with E-state index < -0.39 is 28.4 Å². The molecule has 6 nitrogen and oxygen atoms in total. The summed E-state index contributed by atoms with van der Waals surface area (Å²) in [5.41, 5.74) is 0.837. The lowest BCUT2D eigenvalue weighted by molar-refractivity contribution is -0.122. The summed E-state index contributed by atoms with van der Waals surface area (Å²) in [6.07, 6.45) is 3.08. The Labute approximate surface area is 148 Å². The van der Waals surface area contributed by atoms with Gasteiger partial charge in [0, 0.05) is 11.6 Å². The highest BCUT2D eigenvalue weighted by atomic mass is 32.2. The first-order valence-electron chi connectivity index (χ1n) is 8.71. The molecule has 136 valence electrons. The number of hydrogen-bond donors (Lipinski definition) is 1. The van der Waals surface area contributed by atoms with Gasteiger partial charge in [0.05, 0.1) is 5.75 Å². The molecule has 1 saturated carbocycles. The van der Waals surface area contributed by atoms with Gasteiger partial charge in [0.15, 0.2) is 0 Å². The zero-order chi connectivity index (χ0) is 18.2. The Balaban J connectivity index is 1.73. The number of carbonyl (C=O) groups is 2. The monoisotopic (exact) mass is 364 g/mol. The average Bonchev–Trinajstić information content (AvgIpc) is 2.55. The number of amides is 2. The van der Waals surface area contributed by atoms with E-state index in [1.165, 1.54) is 0 Å². The predicted molar refractivity (Wildman–Crippen MR) is 94.2 cm³/mol. The zero-order valence-electron chi connectivity index (χ0n) is 14.6. The van der Waals surface area contributed by atoms with Crippen molar-refractivity contribution in [3.63, 3.8) is 0 Å². The maximum Gasteiger partial charge on any atom is 0.268 e. The Bertz CT molecular complexity index is 790. The first-order valence-corrected chi connectivity index (χ1v) is 10.3. The second kappa shape index (κ2) is 6.78. The predicted octanol–water partition coefficient (Wildman–Crippen LogP) is 1.91. The molecule has 25 heavy (non-hydrogen) atoms. The molecule has 1 aliphatic heterocycles. The van der Waals surface area contributed by atoms with E-state index in [0.29, 0.717) is 27.3 Å². The summed E-state index contributed by atoms with van der Waals surface area (Å²) in [4.78, 5) is 25.0. The molecule has 1 aliphatic carbocycles. The van der Waals surface area contributed by atoms with E-state index in [-0.39, 0.29) is 11.8 Å². The van der Waals surface area contributed by atoms with E-state index in [0.717, 1.165) is 19.3 Å². The van der Waals surface area contributed by atoms with Crippen LogP contribution in [0.15, 0.2) is 24.3 Å². The summed E-state index contributed by atoms with van der Waals surface area (Å²) >= 11 is 0. The van der Waals surface area contributed by atoms with E-state index in [2.05, 4.69) is 19.2 Å². The van der Waals surface area contributed by atoms with Crippen LogP contribution in [0.5, 0.6) is 0 Å². The van der Waals surface area contributed by atoms with Gasteiger partial charge in [-0.15, -0.1) is 0 Å². The molecule has 0 bridgehead atoms. The van der Waals surface area contributed by atoms with Crippen molar-refractivity contribution in [1.82, 2.24) is 9.62 Å². The summed E-state index contributed by atoms with van der Waals surface area (Å²) in [6.45, 7) is 3.82. The molecular formula is C18H24N2O4S. The van der Waals surface area contributed by atoms with Gasteiger partial charge in [-0.2, -0.15) is 0 Å². The molecule has 7 heteroatoms. The van der Waals surface area contributed by atoms with Crippen LogP contribution in [-0.2, 0) is 20.6 Å². The smallest absolute Gasteiger partial charge is 0.268 e. The third-order valence-electron chi connectivity index (χ3n) is 5.49. The molecule has 1 fully saturated rings. The topological polar surface area (TPSA) is 83.6 Å². The normalized spacial score (nSPS) is 28.3. The van der Waals surface area contributed by atoms with Crippen molar-refractivity contribution in [2.24, 2.45) is 11.8 Å². The molecule has 3 unspecified atom stereocenters. The van der Waals surface area contributed by atoms with Gasteiger partial charge in [0.25, 0.3) is 5.91 Å². The lowest BCUT2D eigenvalue weighted by Crippen LogP contribution is -2.51. The molecule has 1 N–H and O–H groups in total. The van der Waals surface area contributed by atoms with Crippen LogP contribution in [-0.4, -0.2) is 37.1 Å². The van der Waals surface area contributed by atoms with Crippen molar-refractivity contribution in [1.29, 1.82) is 0 Å². The summed E-state index contributed by atoms with van der Waals surface area (Å²) in [5, 5.41) is 2.93. The Morgan fingerprint density at radius 3 is 2.72 bits per heavy atom. The first kappa shape index (κ1) is 17.9. The van der Waals surface area contributed by atoms with Crippen LogP contribution in [0.1, 0.15) is 49.0 Å². The van der Waals surface area contributed by atoms with Gasteiger partial charge in [-0.05, 0) is 29.9 Å². The van der Waals surface area contributed by atoms with E-state index in [9.17, 15) is 18.0 Å². The molecule has 1 aromatic carbocycles. The lowest BCUT2D eigenvalue weighted by Gasteiger charge is -2.35. The van der Waals surface area contributed by atoms with Crippen LogP contribution >= 0.6 is 0 Å². The van der Waals surface area contributed by atoms with Crippen LogP contribution in [0.2, 0.25) is 0 Å². The number of benzene rings is 1. The standard InChI is InChI=1S/C18H24N2O4S/c1-12-6-5-9-16(13(12)2)19-17(21)10-20-18(22)15-8-4-3-7-14(15)11-25(20,23)24/h3-4,7-8,12-13,16H,5-6,9-11H2,1-2H3,(H,19,21). The van der Waals surface area contributed by atoms with Crippen molar-refractivity contribution in [2.45, 2.75) is 44.9 Å². The Morgan fingerprint density at radius 1 is 1.24 bits per heavy atom. The maximum absolute atomic E-state index is 12.5. The van der Waals surface area contributed by atoms with E-state index in [1.807, 2.05) is 0 Å². The maximum atomic E-state index is 12.5. The number of nitrogens with zero attached hydrogens (tertiary/aromatic N) is 1. The number of sulfonamides is 1. The zero-order valence-corrected chi connectivity index (χ0v) is 15.4. The minimum absolute atomic E-state index is 0.0335. The molecule has 1 heterocycles. The van der Waals surface area contributed by atoms with Crippen molar-refractivity contribution in [3.05, 3.63) is 35.4 Å². The molecule has 2 aliphatic rings. The van der Waals surface area contributed by atoms with Crippen molar-refractivity contribution in [2.75, 3.05) is 6.54 Å². The SMILES string of the molecule is CC1CCCC(NC(=O)CN2C(=O)c3ccccc3CS2(=O)=O)C1C. The first-order chi connectivity index (χ1) is 11.8. The highest BCUT2D eigenvalue weighted by Crippen LogP contribution is 2.29. The quantitative estimate of drug-likeness (QED) is 0.888. The number of nitrogens with one attached hydrogen (secondary N) is 1. The fourth-order valence-corrected chi connectivity index (χ4v) is 5.19. The van der Waals surface area contributed by atoms with Crippen molar-refractivity contribution in [3.8, 4) is 0 Å². The van der Waals surface area contributed by atoms with Crippen molar-refractivity contribution < 1.29 is 18.0 Å².